The van der Waals surface area contributed by atoms with Gasteiger partial charge in [0.15, 0.2) is 0 Å². The molecule has 2 saturated carbocycles. The Kier molecular flexibility index (Phi) is 4.02. The minimum Gasteiger partial charge on any atom is -0.354 e. The summed E-state index contributed by atoms with van der Waals surface area (Å²) in [6.45, 7) is 2.14. The third-order valence-electron chi connectivity index (χ3n) is 4.77. The van der Waals surface area contributed by atoms with Crippen LogP contribution in [-0.4, -0.2) is 41.7 Å². The van der Waals surface area contributed by atoms with Crippen LogP contribution in [0.2, 0.25) is 0 Å². The third-order valence-corrected chi connectivity index (χ3v) is 5.87. The van der Waals surface area contributed by atoms with E-state index in [4.69, 9.17) is 23.2 Å². The van der Waals surface area contributed by atoms with Crippen molar-refractivity contribution >= 4 is 35.0 Å². The Morgan fingerprint density at radius 2 is 1.70 bits per heavy atom. The number of carbonyl (C=O) groups is 2. The van der Waals surface area contributed by atoms with E-state index in [1.807, 2.05) is 0 Å². The smallest absolute Gasteiger partial charge is 0.230 e. The van der Waals surface area contributed by atoms with Gasteiger partial charge in [-0.25, -0.2) is 0 Å². The summed E-state index contributed by atoms with van der Waals surface area (Å²) in [6.07, 6.45) is 4.18. The van der Waals surface area contributed by atoms with Crippen molar-refractivity contribution in [3.8, 4) is 0 Å². The molecule has 2 fully saturated rings. The molecular formula is C14H22Cl2N2O2. The molecule has 114 valence electrons. The predicted octanol–water partition coefficient (Wildman–Crippen LogP) is 2.34. The molecule has 1 atom stereocenters. The second-order valence-corrected chi connectivity index (χ2v) is 8.07. The molecule has 2 amide bonds. The fraction of sp³-hybridized carbons (Fsp3) is 0.857. The monoisotopic (exact) mass is 320 g/mol. The minimum absolute atomic E-state index is 0.0965. The van der Waals surface area contributed by atoms with Crippen LogP contribution < -0.4 is 5.32 Å². The zero-order valence-corrected chi connectivity index (χ0v) is 13.8. The van der Waals surface area contributed by atoms with E-state index < -0.39 is 15.2 Å². The van der Waals surface area contributed by atoms with Crippen LogP contribution in [0.4, 0.5) is 0 Å². The average molecular weight is 321 g/mol. The first-order valence-corrected chi connectivity index (χ1v) is 7.78. The summed E-state index contributed by atoms with van der Waals surface area (Å²) >= 11 is 12.0. The Bertz CT molecular complexity index is 431. The van der Waals surface area contributed by atoms with Crippen LogP contribution in [0, 0.1) is 10.8 Å². The normalized spacial score (nSPS) is 29.9. The molecule has 6 heteroatoms. The first kappa shape index (κ1) is 15.9. The van der Waals surface area contributed by atoms with E-state index in [1.54, 1.807) is 25.9 Å². The number of rotatable bonds is 4. The maximum Gasteiger partial charge on any atom is 0.230 e. The molecule has 20 heavy (non-hydrogen) atoms. The lowest BCUT2D eigenvalue weighted by molar-refractivity contribution is -0.139. The highest BCUT2D eigenvalue weighted by molar-refractivity contribution is 6.53. The Hall–Kier alpha value is -0.480. The topological polar surface area (TPSA) is 49.4 Å². The summed E-state index contributed by atoms with van der Waals surface area (Å²) in [5, 5.41) is 2.90. The summed E-state index contributed by atoms with van der Waals surface area (Å²) in [6, 6.07) is 0. The van der Waals surface area contributed by atoms with Crippen LogP contribution in [-0.2, 0) is 9.59 Å². The zero-order valence-electron chi connectivity index (χ0n) is 12.3. The maximum atomic E-state index is 12.4. The van der Waals surface area contributed by atoms with Gasteiger partial charge in [-0.05, 0) is 26.2 Å². The molecule has 0 heterocycles. The standard InChI is InChI=1S/C14H22Cl2N2O2/c1-12(8-14(12,15)16)10(19)17-9-13(6-4-5-7-13)11(20)18(2)3/h4-9H2,1-3H3,(H,17,19)/t12-/m1/s1. The van der Waals surface area contributed by atoms with E-state index in [0.717, 1.165) is 25.7 Å². The van der Waals surface area contributed by atoms with Gasteiger partial charge in [0.2, 0.25) is 11.8 Å². The van der Waals surface area contributed by atoms with E-state index in [9.17, 15) is 9.59 Å². The highest BCUT2D eigenvalue weighted by atomic mass is 35.5. The Balaban J connectivity index is 2.01. The van der Waals surface area contributed by atoms with E-state index in [-0.39, 0.29) is 11.8 Å². The highest BCUT2D eigenvalue weighted by Gasteiger charge is 2.68. The number of alkyl halides is 2. The lowest BCUT2D eigenvalue weighted by Crippen LogP contribution is -2.48. The molecule has 0 unspecified atom stereocenters. The molecule has 0 spiro atoms. The molecule has 4 nitrogen and oxygen atoms in total. The van der Waals surface area contributed by atoms with Crippen LogP contribution in [0.15, 0.2) is 0 Å². The van der Waals surface area contributed by atoms with Gasteiger partial charge in [-0.3, -0.25) is 9.59 Å². The van der Waals surface area contributed by atoms with Crippen molar-refractivity contribution in [2.75, 3.05) is 20.6 Å². The second kappa shape index (κ2) is 5.06. The fourth-order valence-corrected chi connectivity index (χ4v) is 3.79. The highest BCUT2D eigenvalue weighted by Crippen LogP contribution is 2.63. The molecular weight excluding hydrogens is 299 g/mol. The third kappa shape index (κ3) is 2.52. The molecule has 0 aromatic carbocycles. The van der Waals surface area contributed by atoms with E-state index in [1.165, 1.54) is 0 Å². The first-order chi connectivity index (χ1) is 9.15. The van der Waals surface area contributed by atoms with Gasteiger partial charge in [0.1, 0.15) is 4.33 Å². The van der Waals surface area contributed by atoms with Crippen LogP contribution >= 0.6 is 23.2 Å². The van der Waals surface area contributed by atoms with E-state index >= 15 is 0 Å². The number of hydrogen-bond acceptors (Lipinski definition) is 2. The van der Waals surface area contributed by atoms with Crippen molar-refractivity contribution in [1.29, 1.82) is 0 Å². The van der Waals surface area contributed by atoms with Crippen LogP contribution in [0.3, 0.4) is 0 Å². The van der Waals surface area contributed by atoms with E-state index in [0.29, 0.717) is 13.0 Å². The van der Waals surface area contributed by atoms with Gasteiger partial charge in [-0.1, -0.05) is 12.8 Å². The van der Waals surface area contributed by atoms with Crippen molar-refractivity contribution in [3.05, 3.63) is 0 Å². The molecule has 1 N–H and O–H groups in total. The molecule has 0 radical (unpaired) electrons. The summed E-state index contributed by atoms with van der Waals surface area (Å²) in [4.78, 5) is 26.2. The summed E-state index contributed by atoms with van der Waals surface area (Å²) in [5.74, 6) is -0.0559. The van der Waals surface area contributed by atoms with Gasteiger partial charge >= 0.3 is 0 Å². The number of hydrogen-bond donors (Lipinski definition) is 1. The molecule has 0 saturated heterocycles. The van der Waals surface area contributed by atoms with Crippen molar-refractivity contribution in [2.45, 2.75) is 43.4 Å². The van der Waals surface area contributed by atoms with Gasteiger partial charge in [-0.2, -0.15) is 0 Å². The van der Waals surface area contributed by atoms with Gasteiger partial charge in [0.05, 0.1) is 10.8 Å². The SMILES string of the molecule is CN(C)C(=O)C1(CNC(=O)[C@@]2(C)CC2(Cl)Cl)CCCC1. The first-order valence-electron chi connectivity index (χ1n) is 7.03. The van der Waals surface area contributed by atoms with Gasteiger partial charge in [0, 0.05) is 20.6 Å². The van der Waals surface area contributed by atoms with E-state index in [2.05, 4.69) is 5.32 Å². The predicted molar refractivity (Wildman–Crippen MR) is 79.8 cm³/mol. The van der Waals surface area contributed by atoms with Crippen molar-refractivity contribution in [1.82, 2.24) is 10.2 Å². The molecule has 0 aromatic rings. The molecule has 2 aliphatic rings. The van der Waals surface area contributed by atoms with Gasteiger partial charge < -0.3 is 10.2 Å². The van der Waals surface area contributed by atoms with Crippen LogP contribution in [0.25, 0.3) is 0 Å². The Morgan fingerprint density at radius 3 is 2.10 bits per heavy atom. The largest absolute Gasteiger partial charge is 0.354 e. The number of halogens is 2. The van der Waals surface area contributed by atoms with Crippen molar-refractivity contribution in [2.24, 2.45) is 10.8 Å². The fourth-order valence-electron chi connectivity index (χ4n) is 3.08. The second-order valence-electron chi connectivity index (χ2n) is 6.58. The van der Waals surface area contributed by atoms with Crippen molar-refractivity contribution < 1.29 is 9.59 Å². The molecule has 0 aliphatic heterocycles. The summed E-state index contributed by atoms with van der Waals surface area (Å²) in [7, 11) is 3.52. The van der Waals surface area contributed by atoms with Gasteiger partial charge in [0.25, 0.3) is 0 Å². The number of nitrogens with one attached hydrogen (secondary N) is 1. The quantitative estimate of drug-likeness (QED) is 0.808. The number of amides is 2. The van der Waals surface area contributed by atoms with Crippen LogP contribution in [0.1, 0.15) is 39.0 Å². The Morgan fingerprint density at radius 1 is 1.20 bits per heavy atom. The molecule has 0 aromatic heterocycles. The maximum absolute atomic E-state index is 12.4. The lowest BCUT2D eigenvalue weighted by Gasteiger charge is -2.31. The number of nitrogens with zero attached hydrogens (tertiary/aromatic N) is 1. The lowest BCUT2D eigenvalue weighted by atomic mass is 9.84. The average Bonchev–Trinajstić information content (AvgIpc) is 2.77. The minimum atomic E-state index is -0.967. The molecule has 2 rings (SSSR count). The molecule has 2 aliphatic carbocycles. The Labute approximate surface area is 130 Å². The molecule has 0 bridgehead atoms. The summed E-state index contributed by atoms with van der Waals surface area (Å²) < 4.78 is -0.967. The van der Waals surface area contributed by atoms with Crippen LogP contribution in [0.5, 0.6) is 0 Å². The zero-order chi connectivity index (χ0) is 15.2. The van der Waals surface area contributed by atoms with Crippen molar-refractivity contribution in [3.63, 3.8) is 0 Å². The number of carbonyl (C=O) groups excluding carboxylic acids is 2. The summed E-state index contributed by atoms with van der Waals surface area (Å²) in [5.41, 5.74) is -1.18. The van der Waals surface area contributed by atoms with Gasteiger partial charge in [-0.15, -0.1) is 23.2 Å².